The van der Waals surface area contributed by atoms with Crippen LogP contribution >= 0.6 is 0 Å². The molecule has 3 aromatic carbocycles. The maximum Gasteiger partial charge on any atom is 0.414 e. The van der Waals surface area contributed by atoms with Crippen molar-refractivity contribution < 1.29 is 33.4 Å². The van der Waals surface area contributed by atoms with Crippen LogP contribution in [-0.4, -0.2) is 55.0 Å². The molecule has 1 aliphatic rings. The third-order valence-corrected chi connectivity index (χ3v) is 7.63. The summed E-state index contributed by atoms with van der Waals surface area (Å²) < 4.78 is 22.0. The fourth-order valence-electron chi connectivity index (χ4n) is 5.21. The minimum atomic E-state index is -0.821. The van der Waals surface area contributed by atoms with Crippen molar-refractivity contribution in [3.8, 4) is 28.5 Å². The number of guanidine groups is 1. The molecule has 1 unspecified atom stereocenters. The summed E-state index contributed by atoms with van der Waals surface area (Å²) >= 11 is 0. The summed E-state index contributed by atoms with van der Waals surface area (Å²) in [5.74, 6) is 1.51. The molecule has 246 valence electrons. The number of methoxy groups -OCH3 is 1. The zero-order valence-corrected chi connectivity index (χ0v) is 26.7. The average Bonchev–Trinajstić information content (AvgIpc) is 3.47. The van der Waals surface area contributed by atoms with Crippen LogP contribution in [0.3, 0.4) is 0 Å². The second-order valence-electron chi connectivity index (χ2n) is 11.4. The number of benzene rings is 3. The van der Waals surface area contributed by atoms with Crippen LogP contribution in [0.5, 0.6) is 17.2 Å². The smallest absolute Gasteiger partial charge is 0.414 e. The van der Waals surface area contributed by atoms with Gasteiger partial charge in [0.05, 0.1) is 20.3 Å². The highest BCUT2D eigenvalue weighted by Gasteiger charge is 2.24. The first kappa shape index (κ1) is 33.0. The minimum Gasteiger partial charge on any atom is -0.508 e. The zero-order chi connectivity index (χ0) is 33.2. The van der Waals surface area contributed by atoms with Crippen molar-refractivity contribution in [2.75, 3.05) is 26.8 Å². The molecule has 12 heteroatoms. The van der Waals surface area contributed by atoms with Crippen molar-refractivity contribution in [1.29, 1.82) is 0 Å². The van der Waals surface area contributed by atoms with Gasteiger partial charge in [-0.1, -0.05) is 23.4 Å². The van der Waals surface area contributed by atoms with Gasteiger partial charge >= 0.3 is 6.09 Å². The largest absolute Gasteiger partial charge is 0.508 e. The van der Waals surface area contributed by atoms with Crippen molar-refractivity contribution in [2.24, 2.45) is 10.9 Å². The predicted molar refractivity (Wildman–Crippen MR) is 176 cm³/mol. The van der Waals surface area contributed by atoms with Crippen LogP contribution in [0, 0.1) is 19.8 Å². The molecule has 1 saturated heterocycles. The number of phenolic OH excluding ortho intramolecular Hbond substituents is 1. The second kappa shape index (κ2) is 15.8. The Bertz CT molecular complexity index is 1670. The number of piperidine rings is 1. The summed E-state index contributed by atoms with van der Waals surface area (Å²) in [7, 11) is 1.56. The van der Waals surface area contributed by atoms with E-state index in [0.29, 0.717) is 35.1 Å². The molecule has 4 N–H and O–H groups in total. The van der Waals surface area contributed by atoms with Crippen molar-refractivity contribution in [1.82, 2.24) is 21.1 Å². The second-order valence-corrected chi connectivity index (χ2v) is 11.4. The summed E-state index contributed by atoms with van der Waals surface area (Å²) in [6, 6.07) is 19.4. The van der Waals surface area contributed by atoms with Crippen LogP contribution in [0.1, 0.15) is 45.7 Å². The predicted octanol–water partition coefficient (Wildman–Crippen LogP) is 5.26. The Morgan fingerprint density at radius 1 is 1.02 bits per heavy atom. The number of alkyl carbamates (subject to hydrolysis) is 1. The van der Waals surface area contributed by atoms with Gasteiger partial charge in [-0.3, -0.25) is 15.4 Å². The van der Waals surface area contributed by atoms with Gasteiger partial charge in [-0.15, -0.1) is 0 Å². The summed E-state index contributed by atoms with van der Waals surface area (Å²) in [6.07, 6.45) is 1.48. The van der Waals surface area contributed by atoms with Crippen molar-refractivity contribution in [3.63, 3.8) is 0 Å². The molecule has 0 saturated carbocycles. The number of hydrogen-bond acceptors (Lipinski definition) is 10. The third-order valence-electron chi connectivity index (χ3n) is 7.63. The molecule has 12 nitrogen and oxygen atoms in total. The number of amides is 2. The van der Waals surface area contributed by atoms with Gasteiger partial charge < -0.3 is 29.2 Å². The third kappa shape index (κ3) is 9.33. The first-order valence-corrected chi connectivity index (χ1v) is 15.4. The zero-order valence-electron chi connectivity index (χ0n) is 26.7. The van der Waals surface area contributed by atoms with E-state index in [1.54, 1.807) is 50.4 Å². The van der Waals surface area contributed by atoms with E-state index in [1.165, 1.54) is 0 Å². The highest BCUT2D eigenvalue weighted by molar-refractivity contribution is 6.11. The van der Waals surface area contributed by atoms with E-state index in [9.17, 15) is 14.7 Å². The van der Waals surface area contributed by atoms with E-state index in [0.717, 1.165) is 42.8 Å². The van der Waals surface area contributed by atoms with E-state index in [-0.39, 0.29) is 36.2 Å². The lowest BCUT2D eigenvalue weighted by Crippen LogP contribution is -2.44. The van der Waals surface area contributed by atoms with E-state index in [4.69, 9.17) is 18.7 Å². The Kier molecular flexibility index (Phi) is 11.1. The average molecular weight is 642 g/mol. The first-order valence-electron chi connectivity index (χ1n) is 15.4. The molecule has 1 aliphatic heterocycles. The van der Waals surface area contributed by atoms with Crippen LogP contribution in [0.15, 0.2) is 76.2 Å². The molecule has 2 heterocycles. The van der Waals surface area contributed by atoms with Gasteiger partial charge in [0.25, 0.3) is 5.91 Å². The quantitative estimate of drug-likeness (QED) is 0.134. The number of carbonyl (C=O) groups excluding carboxylic acids is 2. The highest BCUT2D eigenvalue weighted by Crippen LogP contribution is 2.27. The highest BCUT2D eigenvalue weighted by atomic mass is 16.5. The number of nitrogens with zero attached hydrogens (tertiary/aromatic N) is 2. The molecule has 0 aliphatic carbocycles. The number of hydrogen-bond donors (Lipinski definition) is 4. The van der Waals surface area contributed by atoms with Gasteiger partial charge in [-0.25, -0.2) is 9.79 Å². The topological polar surface area (TPSA) is 157 Å². The van der Waals surface area contributed by atoms with Gasteiger partial charge in [-0.2, -0.15) is 0 Å². The molecular formula is C35H39N5O7. The van der Waals surface area contributed by atoms with Crippen LogP contribution in [0.25, 0.3) is 11.3 Å². The Balaban J connectivity index is 1.25. The number of aromatic nitrogens is 1. The van der Waals surface area contributed by atoms with Gasteiger partial charge in [-0.05, 0) is 98.5 Å². The van der Waals surface area contributed by atoms with E-state index < -0.39 is 12.0 Å². The molecule has 4 aromatic rings. The molecule has 1 aromatic heterocycles. The molecule has 0 bridgehead atoms. The lowest BCUT2D eigenvalue weighted by Gasteiger charge is -2.22. The molecule has 0 spiro atoms. The maximum absolute atomic E-state index is 13.6. The normalized spacial score (nSPS) is 14.7. The first-order chi connectivity index (χ1) is 22.8. The van der Waals surface area contributed by atoms with Crippen molar-refractivity contribution in [3.05, 3.63) is 94.7 Å². The van der Waals surface area contributed by atoms with Crippen LogP contribution in [0.4, 0.5) is 4.79 Å². The number of aliphatic imine (C=N–C) groups is 1. The molecular weight excluding hydrogens is 602 g/mol. The fraction of sp³-hybridized carbons (Fsp3) is 0.314. The Morgan fingerprint density at radius 2 is 1.79 bits per heavy atom. The number of nitrogens with one attached hydrogen (secondary N) is 3. The van der Waals surface area contributed by atoms with E-state index in [2.05, 4.69) is 26.1 Å². The monoisotopic (exact) mass is 641 g/mol. The van der Waals surface area contributed by atoms with Gasteiger partial charge in [0.15, 0.2) is 0 Å². The summed E-state index contributed by atoms with van der Waals surface area (Å²) in [5, 5.41) is 22.7. The molecule has 1 atom stereocenters. The lowest BCUT2D eigenvalue weighted by molar-refractivity contribution is 0.0974. The summed E-state index contributed by atoms with van der Waals surface area (Å²) in [6.45, 7) is 6.16. The maximum atomic E-state index is 13.6. The SMILES string of the molecule is COc1ccc(-c2noc(C)c2C(=O)NC(=NCc2cc(C)cc(O)c2)NC(=O)OCc2ccc(OCC3CCCNC3)cc2)cc1. The number of ether oxygens (including phenoxy) is 3. The van der Waals surface area contributed by atoms with Gasteiger partial charge in [0.1, 0.15) is 40.9 Å². The molecule has 2 amide bonds. The standard InChI is InChI=1S/C35H39N5O7/c1-22-15-26(17-28(41)16-22)19-37-34(38-33(42)31-23(2)47-40-32(31)27-8-12-29(44-3)13-9-27)39-35(43)46-20-24-6-10-30(11-7-24)45-21-25-5-4-14-36-18-25/h6-13,15-17,25,36,41H,4-5,14,18-21H2,1-3H3,(H2,37,38,39,42,43). The lowest BCUT2D eigenvalue weighted by atomic mass is 10.0. The molecule has 0 radical (unpaired) electrons. The Labute approximate surface area is 273 Å². The summed E-state index contributed by atoms with van der Waals surface area (Å²) in [4.78, 5) is 30.9. The van der Waals surface area contributed by atoms with Crippen LogP contribution in [-0.2, 0) is 17.9 Å². The molecule has 1 fully saturated rings. The van der Waals surface area contributed by atoms with Crippen LogP contribution < -0.4 is 25.4 Å². The van der Waals surface area contributed by atoms with Gasteiger partial charge in [0.2, 0.25) is 5.96 Å². The minimum absolute atomic E-state index is 0.0159. The van der Waals surface area contributed by atoms with Crippen molar-refractivity contribution >= 4 is 18.0 Å². The Hall–Kier alpha value is -5.36. The number of rotatable bonds is 10. The van der Waals surface area contributed by atoms with Gasteiger partial charge in [0, 0.05) is 18.0 Å². The Morgan fingerprint density at radius 3 is 2.49 bits per heavy atom. The van der Waals surface area contributed by atoms with Crippen molar-refractivity contribution in [2.45, 2.75) is 39.8 Å². The number of carbonyl (C=O) groups is 2. The van der Waals surface area contributed by atoms with E-state index >= 15 is 0 Å². The van der Waals surface area contributed by atoms with E-state index in [1.807, 2.05) is 37.3 Å². The summed E-state index contributed by atoms with van der Waals surface area (Å²) in [5.41, 5.74) is 3.39. The molecule has 5 rings (SSSR count). The molecule has 47 heavy (non-hydrogen) atoms. The number of aryl methyl sites for hydroxylation is 2. The van der Waals surface area contributed by atoms with Crippen LogP contribution in [0.2, 0.25) is 0 Å². The number of phenols is 1. The number of aromatic hydroxyl groups is 1. The fourth-order valence-corrected chi connectivity index (χ4v) is 5.21.